The maximum Gasteiger partial charge on any atom is 0.305 e. The second-order valence-corrected chi connectivity index (χ2v) is 3.82. The fourth-order valence-corrected chi connectivity index (χ4v) is 1.36. The highest BCUT2D eigenvalue weighted by Crippen LogP contribution is 2.04. The summed E-state index contributed by atoms with van der Waals surface area (Å²) in [6, 6.07) is 0. The van der Waals surface area contributed by atoms with Gasteiger partial charge in [0.15, 0.2) is 0 Å². The minimum absolute atomic E-state index is 0.0564. The summed E-state index contributed by atoms with van der Waals surface area (Å²) in [5.41, 5.74) is 0. The molecule has 0 aromatic heterocycles. The van der Waals surface area contributed by atoms with Gasteiger partial charge in [0, 0.05) is 6.42 Å². The predicted octanol–water partition coefficient (Wildman–Crippen LogP) is 4.02. The second kappa shape index (κ2) is 12.0. The van der Waals surface area contributed by atoms with Crippen molar-refractivity contribution in [3.05, 3.63) is 24.8 Å². The molecule has 0 radical (unpaired) electrons. The van der Waals surface area contributed by atoms with Crippen LogP contribution in [0.15, 0.2) is 24.8 Å². The summed E-state index contributed by atoms with van der Waals surface area (Å²) in [5.74, 6) is -0.0564. The smallest absolute Gasteiger partial charge is 0.305 e. The van der Waals surface area contributed by atoms with Crippen molar-refractivity contribution in [2.45, 2.75) is 51.9 Å². The van der Waals surface area contributed by atoms with E-state index in [9.17, 15) is 4.79 Å². The first kappa shape index (κ1) is 14.9. The Morgan fingerprint density at radius 3 is 2.69 bits per heavy atom. The lowest BCUT2D eigenvalue weighted by atomic mass is 10.1. The summed E-state index contributed by atoms with van der Waals surface area (Å²) >= 11 is 0. The molecule has 0 N–H and O–H groups in total. The lowest BCUT2D eigenvalue weighted by molar-refractivity contribution is -0.143. The van der Waals surface area contributed by atoms with Crippen LogP contribution in [0.2, 0.25) is 0 Å². The molecular formula is C14H24O2. The van der Waals surface area contributed by atoms with Gasteiger partial charge in [0.2, 0.25) is 0 Å². The summed E-state index contributed by atoms with van der Waals surface area (Å²) in [4.78, 5) is 11.2. The first-order valence-corrected chi connectivity index (χ1v) is 6.19. The minimum atomic E-state index is -0.0564. The van der Waals surface area contributed by atoms with Gasteiger partial charge < -0.3 is 4.74 Å². The van der Waals surface area contributed by atoms with Gasteiger partial charge in [0.1, 0.15) is 0 Å². The summed E-state index contributed by atoms with van der Waals surface area (Å²) in [7, 11) is 0. The molecule has 0 saturated heterocycles. The lowest BCUT2D eigenvalue weighted by Gasteiger charge is -2.03. The van der Waals surface area contributed by atoms with E-state index in [0.717, 1.165) is 38.5 Å². The van der Waals surface area contributed by atoms with Crippen LogP contribution in [-0.4, -0.2) is 12.6 Å². The highest BCUT2D eigenvalue weighted by Gasteiger charge is 2.01. The molecule has 0 aromatic carbocycles. The van der Waals surface area contributed by atoms with Crippen LogP contribution in [0.25, 0.3) is 0 Å². The molecule has 0 spiro atoms. The molecule has 0 bridgehead atoms. The fourth-order valence-electron chi connectivity index (χ4n) is 1.36. The van der Waals surface area contributed by atoms with Gasteiger partial charge in [-0.3, -0.25) is 4.79 Å². The number of carbonyl (C=O) groups is 1. The third-order valence-corrected chi connectivity index (χ3v) is 2.30. The first-order chi connectivity index (χ1) is 7.81. The van der Waals surface area contributed by atoms with Crippen LogP contribution < -0.4 is 0 Å². The molecule has 16 heavy (non-hydrogen) atoms. The molecule has 0 atom stereocenters. The van der Waals surface area contributed by atoms with Crippen LogP contribution in [0.3, 0.4) is 0 Å². The number of carbonyl (C=O) groups excluding carboxylic acids is 1. The van der Waals surface area contributed by atoms with Crippen LogP contribution in [-0.2, 0) is 9.53 Å². The molecule has 0 aliphatic carbocycles. The largest absolute Gasteiger partial charge is 0.466 e. The molecule has 0 saturated carbocycles. The van der Waals surface area contributed by atoms with Gasteiger partial charge in [-0.1, -0.05) is 24.6 Å². The van der Waals surface area contributed by atoms with Crippen LogP contribution in [0.1, 0.15) is 51.9 Å². The Morgan fingerprint density at radius 1 is 1.19 bits per heavy atom. The van der Waals surface area contributed by atoms with Gasteiger partial charge in [-0.2, -0.15) is 0 Å². The standard InChI is InChI=1S/C14H24O2/c1-3-5-7-9-10-12-14(15)16-13-11-8-6-4-2/h3-4,6H,1,5,7-13H2,2H3/b6-4-. The summed E-state index contributed by atoms with van der Waals surface area (Å²) in [5, 5.41) is 0. The van der Waals surface area contributed by atoms with Crippen molar-refractivity contribution in [1.82, 2.24) is 0 Å². The van der Waals surface area contributed by atoms with Crippen molar-refractivity contribution in [2.24, 2.45) is 0 Å². The molecule has 0 amide bonds. The Kier molecular flexibility index (Phi) is 11.2. The van der Waals surface area contributed by atoms with E-state index in [4.69, 9.17) is 4.74 Å². The van der Waals surface area contributed by atoms with E-state index in [1.807, 2.05) is 19.1 Å². The Bertz CT molecular complexity index is 207. The van der Waals surface area contributed by atoms with Gasteiger partial charge in [0.25, 0.3) is 0 Å². The molecule has 0 aliphatic heterocycles. The number of esters is 1. The minimum Gasteiger partial charge on any atom is -0.466 e. The summed E-state index contributed by atoms with van der Waals surface area (Å²) in [6.45, 7) is 6.21. The number of rotatable bonds is 10. The van der Waals surface area contributed by atoms with Crippen molar-refractivity contribution < 1.29 is 9.53 Å². The molecule has 0 heterocycles. The monoisotopic (exact) mass is 224 g/mol. The lowest BCUT2D eigenvalue weighted by Crippen LogP contribution is -2.05. The predicted molar refractivity (Wildman–Crippen MR) is 68.3 cm³/mol. The summed E-state index contributed by atoms with van der Waals surface area (Å²) in [6.07, 6.45) is 12.7. The van der Waals surface area contributed by atoms with E-state index < -0.39 is 0 Å². The van der Waals surface area contributed by atoms with E-state index in [1.165, 1.54) is 0 Å². The zero-order chi connectivity index (χ0) is 12.1. The Hall–Kier alpha value is -1.05. The highest BCUT2D eigenvalue weighted by molar-refractivity contribution is 5.69. The van der Waals surface area contributed by atoms with Crippen LogP contribution in [0.4, 0.5) is 0 Å². The van der Waals surface area contributed by atoms with Gasteiger partial charge in [-0.25, -0.2) is 0 Å². The van der Waals surface area contributed by atoms with Crippen LogP contribution in [0, 0.1) is 0 Å². The van der Waals surface area contributed by atoms with E-state index in [1.54, 1.807) is 0 Å². The molecule has 0 aliphatic rings. The molecule has 0 unspecified atom stereocenters. The normalized spacial score (nSPS) is 10.6. The molecule has 0 aromatic rings. The number of hydrogen-bond donors (Lipinski definition) is 0. The molecular weight excluding hydrogens is 200 g/mol. The SMILES string of the molecule is C=CCCCCCC(=O)OCCC/C=C\C. The quantitative estimate of drug-likeness (QED) is 0.318. The van der Waals surface area contributed by atoms with Crippen molar-refractivity contribution in [1.29, 1.82) is 0 Å². The number of unbranched alkanes of at least 4 members (excludes halogenated alkanes) is 4. The van der Waals surface area contributed by atoms with Crippen molar-refractivity contribution >= 4 is 5.97 Å². The maximum atomic E-state index is 11.2. The molecule has 0 rings (SSSR count). The summed E-state index contributed by atoms with van der Waals surface area (Å²) < 4.78 is 5.10. The average molecular weight is 224 g/mol. The zero-order valence-corrected chi connectivity index (χ0v) is 10.4. The Labute approximate surface area is 99.4 Å². The first-order valence-electron chi connectivity index (χ1n) is 6.19. The maximum absolute atomic E-state index is 11.2. The molecule has 92 valence electrons. The Balaban J connectivity index is 3.21. The van der Waals surface area contributed by atoms with Gasteiger partial charge in [-0.15, -0.1) is 6.58 Å². The van der Waals surface area contributed by atoms with Crippen molar-refractivity contribution in [3.63, 3.8) is 0 Å². The number of hydrogen-bond acceptors (Lipinski definition) is 2. The fraction of sp³-hybridized carbons (Fsp3) is 0.643. The zero-order valence-electron chi connectivity index (χ0n) is 10.4. The van der Waals surface area contributed by atoms with E-state index in [0.29, 0.717) is 13.0 Å². The average Bonchev–Trinajstić information content (AvgIpc) is 2.28. The van der Waals surface area contributed by atoms with Crippen molar-refractivity contribution in [2.75, 3.05) is 6.61 Å². The van der Waals surface area contributed by atoms with Gasteiger partial charge in [0.05, 0.1) is 6.61 Å². The van der Waals surface area contributed by atoms with E-state index in [2.05, 4.69) is 12.7 Å². The van der Waals surface area contributed by atoms with Crippen LogP contribution in [0.5, 0.6) is 0 Å². The van der Waals surface area contributed by atoms with Crippen molar-refractivity contribution in [3.8, 4) is 0 Å². The van der Waals surface area contributed by atoms with E-state index in [-0.39, 0.29) is 5.97 Å². The number of allylic oxidation sites excluding steroid dienone is 3. The Morgan fingerprint density at radius 2 is 2.00 bits per heavy atom. The molecule has 2 nitrogen and oxygen atoms in total. The third kappa shape index (κ3) is 11.0. The van der Waals surface area contributed by atoms with Crippen LogP contribution >= 0.6 is 0 Å². The second-order valence-electron chi connectivity index (χ2n) is 3.82. The molecule has 0 fully saturated rings. The highest BCUT2D eigenvalue weighted by atomic mass is 16.5. The number of ether oxygens (including phenoxy) is 1. The molecule has 2 heteroatoms. The van der Waals surface area contributed by atoms with E-state index >= 15 is 0 Å². The van der Waals surface area contributed by atoms with Gasteiger partial charge in [-0.05, 0) is 39.0 Å². The third-order valence-electron chi connectivity index (χ3n) is 2.30. The topological polar surface area (TPSA) is 26.3 Å². The van der Waals surface area contributed by atoms with Gasteiger partial charge >= 0.3 is 5.97 Å².